The van der Waals surface area contributed by atoms with Crippen LogP contribution in [-0.4, -0.2) is 53.9 Å². The second-order valence-corrected chi connectivity index (χ2v) is 5.61. The lowest BCUT2D eigenvalue weighted by Crippen LogP contribution is -2.47. The molecule has 0 aliphatic carbocycles. The minimum atomic E-state index is 0.927. The van der Waals surface area contributed by atoms with Gasteiger partial charge in [-0.1, -0.05) is 13.8 Å². The normalized spacial score (nSPS) is 16.9. The molecule has 0 amide bonds. The zero-order chi connectivity index (χ0) is 14.5. The smallest absolute Gasteiger partial charge is 0.131 e. The van der Waals surface area contributed by atoms with Gasteiger partial charge in [-0.15, -0.1) is 0 Å². The van der Waals surface area contributed by atoms with Crippen molar-refractivity contribution in [3.63, 3.8) is 0 Å². The number of likely N-dealkylation sites (N-methyl/N-ethyl adjacent to an activating group) is 1. The summed E-state index contributed by atoms with van der Waals surface area (Å²) in [6.45, 7) is 14.2. The number of anilines is 1. The van der Waals surface area contributed by atoms with Gasteiger partial charge in [0.25, 0.3) is 0 Å². The van der Waals surface area contributed by atoms with Crippen LogP contribution in [0, 0.1) is 6.92 Å². The standard InChI is InChI=1S/C15H29N5/c1-5-7-16-12-14-13(3)17-18(4)15(14)20-10-8-19(6-2)9-11-20/h16H,5-12H2,1-4H3. The van der Waals surface area contributed by atoms with Crippen LogP contribution in [0.3, 0.4) is 0 Å². The molecule has 0 atom stereocenters. The van der Waals surface area contributed by atoms with Gasteiger partial charge in [0, 0.05) is 45.3 Å². The predicted octanol–water partition coefficient (Wildman–Crippen LogP) is 1.37. The molecule has 5 nitrogen and oxygen atoms in total. The highest BCUT2D eigenvalue weighted by Gasteiger charge is 2.22. The monoisotopic (exact) mass is 279 g/mol. The molecule has 1 aromatic heterocycles. The van der Waals surface area contributed by atoms with Gasteiger partial charge in [0.15, 0.2) is 0 Å². The van der Waals surface area contributed by atoms with Crippen LogP contribution in [0.1, 0.15) is 31.5 Å². The Morgan fingerprint density at radius 2 is 1.85 bits per heavy atom. The van der Waals surface area contributed by atoms with Crippen LogP contribution in [0.2, 0.25) is 0 Å². The number of aryl methyl sites for hydroxylation is 2. The fraction of sp³-hybridized carbons (Fsp3) is 0.800. The van der Waals surface area contributed by atoms with Crippen LogP contribution in [0.5, 0.6) is 0 Å². The van der Waals surface area contributed by atoms with Gasteiger partial charge in [-0.05, 0) is 26.4 Å². The van der Waals surface area contributed by atoms with Crippen molar-refractivity contribution in [1.29, 1.82) is 0 Å². The van der Waals surface area contributed by atoms with Gasteiger partial charge < -0.3 is 15.1 Å². The Bertz CT molecular complexity index is 418. The summed E-state index contributed by atoms with van der Waals surface area (Å²) in [7, 11) is 2.07. The topological polar surface area (TPSA) is 36.3 Å². The van der Waals surface area contributed by atoms with E-state index in [9.17, 15) is 0 Å². The highest BCUT2D eigenvalue weighted by Crippen LogP contribution is 2.24. The van der Waals surface area contributed by atoms with E-state index >= 15 is 0 Å². The second-order valence-electron chi connectivity index (χ2n) is 5.61. The Kier molecular flexibility index (Phi) is 5.43. The van der Waals surface area contributed by atoms with E-state index in [0.717, 1.165) is 51.5 Å². The number of hydrogen-bond acceptors (Lipinski definition) is 4. The largest absolute Gasteiger partial charge is 0.354 e. The van der Waals surface area contributed by atoms with Crippen LogP contribution in [-0.2, 0) is 13.6 Å². The number of hydrogen-bond donors (Lipinski definition) is 1. The van der Waals surface area contributed by atoms with Crippen molar-refractivity contribution in [2.45, 2.75) is 33.7 Å². The van der Waals surface area contributed by atoms with E-state index in [4.69, 9.17) is 0 Å². The lowest BCUT2D eigenvalue weighted by Gasteiger charge is -2.35. The molecule has 114 valence electrons. The van der Waals surface area contributed by atoms with Crippen molar-refractivity contribution in [2.75, 3.05) is 44.2 Å². The van der Waals surface area contributed by atoms with E-state index in [1.165, 1.54) is 17.8 Å². The average Bonchev–Trinajstić information content (AvgIpc) is 2.74. The quantitative estimate of drug-likeness (QED) is 0.798. The number of rotatable bonds is 6. The zero-order valence-electron chi connectivity index (χ0n) is 13.4. The maximum absolute atomic E-state index is 4.63. The van der Waals surface area contributed by atoms with E-state index in [1.54, 1.807) is 0 Å². The fourth-order valence-electron chi connectivity index (χ4n) is 2.96. The molecular weight excluding hydrogens is 250 g/mol. The zero-order valence-corrected chi connectivity index (χ0v) is 13.4. The minimum Gasteiger partial charge on any atom is -0.354 e. The van der Waals surface area contributed by atoms with E-state index in [2.05, 4.69) is 52.7 Å². The summed E-state index contributed by atoms with van der Waals surface area (Å²) in [4.78, 5) is 5.00. The minimum absolute atomic E-state index is 0.927. The van der Waals surface area contributed by atoms with E-state index in [1.807, 2.05) is 0 Å². The third kappa shape index (κ3) is 3.33. The summed E-state index contributed by atoms with van der Waals surface area (Å²) in [5, 5.41) is 8.14. The molecule has 1 aliphatic rings. The van der Waals surface area contributed by atoms with Gasteiger partial charge >= 0.3 is 0 Å². The van der Waals surface area contributed by atoms with Crippen LogP contribution < -0.4 is 10.2 Å². The van der Waals surface area contributed by atoms with Gasteiger partial charge in [-0.3, -0.25) is 4.68 Å². The SMILES string of the molecule is CCCNCc1c(C)nn(C)c1N1CCN(CC)CC1. The molecular formula is C15H29N5. The van der Waals surface area contributed by atoms with Gasteiger partial charge in [0.1, 0.15) is 5.82 Å². The van der Waals surface area contributed by atoms with Crippen molar-refractivity contribution in [3.05, 3.63) is 11.3 Å². The Balaban J connectivity index is 2.10. The molecule has 0 spiro atoms. The van der Waals surface area contributed by atoms with Crippen molar-refractivity contribution in [1.82, 2.24) is 20.0 Å². The molecule has 2 rings (SSSR count). The van der Waals surface area contributed by atoms with Gasteiger partial charge in [0.2, 0.25) is 0 Å². The lowest BCUT2D eigenvalue weighted by molar-refractivity contribution is 0.269. The lowest BCUT2D eigenvalue weighted by atomic mass is 10.2. The number of nitrogens with one attached hydrogen (secondary N) is 1. The van der Waals surface area contributed by atoms with Crippen molar-refractivity contribution < 1.29 is 0 Å². The first-order valence-corrected chi connectivity index (χ1v) is 7.87. The molecule has 2 heterocycles. The Labute approximate surface area is 122 Å². The first-order chi connectivity index (χ1) is 9.67. The number of nitrogens with zero attached hydrogens (tertiary/aromatic N) is 4. The molecule has 1 saturated heterocycles. The van der Waals surface area contributed by atoms with E-state index in [0.29, 0.717) is 0 Å². The Morgan fingerprint density at radius 1 is 1.15 bits per heavy atom. The summed E-state index contributed by atoms with van der Waals surface area (Å²) in [6, 6.07) is 0. The van der Waals surface area contributed by atoms with E-state index in [-0.39, 0.29) is 0 Å². The van der Waals surface area contributed by atoms with Gasteiger partial charge in [-0.2, -0.15) is 5.10 Å². The third-order valence-corrected chi connectivity index (χ3v) is 4.16. The van der Waals surface area contributed by atoms with Crippen LogP contribution in [0.15, 0.2) is 0 Å². The molecule has 20 heavy (non-hydrogen) atoms. The molecule has 1 fully saturated rings. The molecule has 0 radical (unpaired) electrons. The molecule has 1 aliphatic heterocycles. The molecule has 5 heteroatoms. The molecule has 0 saturated carbocycles. The van der Waals surface area contributed by atoms with Crippen molar-refractivity contribution in [3.8, 4) is 0 Å². The summed E-state index contributed by atoms with van der Waals surface area (Å²) < 4.78 is 2.06. The van der Waals surface area contributed by atoms with Crippen molar-refractivity contribution >= 4 is 5.82 Å². The molecule has 0 bridgehead atoms. The van der Waals surface area contributed by atoms with Gasteiger partial charge in [0.05, 0.1) is 5.69 Å². The third-order valence-electron chi connectivity index (χ3n) is 4.16. The van der Waals surface area contributed by atoms with Crippen LogP contribution in [0.25, 0.3) is 0 Å². The molecule has 1 aromatic rings. The first-order valence-electron chi connectivity index (χ1n) is 7.87. The summed E-state index contributed by atoms with van der Waals surface area (Å²) in [5.74, 6) is 1.31. The predicted molar refractivity (Wildman–Crippen MR) is 84.3 cm³/mol. The Hall–Kier alpha value is -1.07. The average molecular weight is 279 g/mol. The van der Waals surface area contributed by atoms with Gasteiger partial charge in [-0.25, -0.2) is 0 Å². The summed E-state index contributed by atoms with van der Waals surface area (Å²) in [5.41, 5.74) is 2.52. The maximum atomic E-state index is 4.63. The van der Waals surface area contributed by atoms with Crippen LogP contribution in [0.4, 0.5) is 5.82 Å². The highest BCUT2D eigenvalue weighted by atomic mass is 15.4. The van der Waals surface area contributed by atoms with Crippen molar-refractivity contribution in [2.24, 2.45) is 7.05 Å². The molecule has 0 aromatic carbocycles. The maximum Gasteiger partial charge on any atom is 0.131 e. The molecule has 0 unspecified atom stereocenters. The first kappa shape index (κ1) is 15.3. The Morgan fingerprint density at radius 3 is 2.45 bits per heavy atom. The summed E-state index contributed by atoms with van der Waals surface area (Å²) >= 11 is 0. The summed E-state index contributed by atoms with van der Waals surface area (Å²) in [6.07, 6.45) is 1.17. The second kappa shape index (κ2) is 7.09. The number of piperazine rings is 1. The van der Waals surface area contributed by atoms with E-state index < -0.39 is 0 Å². The highest BCUT2D eigenvalue weighted by molar-refractivity contribution is 5.50. The molecule has 1 N–H and O–H groups in total. The van der Waals surface area contributed by atoms with Crippen LogP contribution >= 0.6 is 0 Å². The fourth-order valence-corrected chi connectivity index (χ4v) is 2.96. The number of aromatic nitrogens is 2.